The second-order valence-corrected chi connectivity index (χ2v) is 9.31. The molecule has 34 heavy (non-hydrogen) atoms. The molecule has 1 N–H and O–H groups in total. The molecule has 1 aromatic heterocycles. The van der Waals surface area contributed by atoms with Crippen molar-refractivity contribution in [2.24, 2.45) is 0 Å². The maximum atomic E-state index is 12.1. The molecule has 0 bridgehead atoms. The second-order valence-electron chi connectivity index (χ2n) is 9.31. The largest absolute Gasteiger partial charge is 0.462 e. The number of nitriles is 1. The van der Waals surface area contributed by atoms with Gasteiger partial charge in [0.1, 0.15) is 11.7 Å². The van der Waals surface area contributed by atoms with Gasteiger partial charge in [-0.25, -0.2) is 9.59 Å². The van der Waals surface area contributed by atoms with Gasteiger partial charge >= 0.3 is 12.1 Å². The predicted octanol–water partition coefficient (Wildman–Crippen LogP) is 5.22. The van der Waals surface area contributed by atoms with Crippen LogP contribution in [0.15, 0.2) is 54.7 Å². The van der Waals surface area contributed by atoms with E-state index in [1.807, 2.05) is 62.7 Å². The number of ether oxygens (including phenoxy) is 2. The van der Waals surface area contributed by atoms with Crippen LogP contribution in [0, 0.1) is 11.3 Å². The molecule has 2 aromatic carbocycles. The molecule has 178 valence electrons. The van der Waals surface area contributed by atoms with Gasteiger partial charge in [-0.1, -0.05) is 18.2 Å². The number of hydrogen-bond acceptors (Lipinski definition) is 5. The van der Waals surface area contributed by atoms with E-state index in [4.69, 9.17) is 9.47 Å². The number of amides is 1. The zero-order chi connectivity index (χ0) is 24.7. The number of esters is 1. The highest BCUT2D eigenvalue weighted by atomic mass is 16.6. The summed E-state index contributed by atoms with van der Waals surface area (Å²) in [7, 11) is 0. The summed E-state index contributed by atoms with van der Waals surface area (Å²) < 4.78 is 12.7. The van der Waals surface area contributed by atoms with Crippen LogP contribution in [0.25, 0.3) is 10.9 Å². The Balaban J connectivity index is 1.61. The highest BCUT2D eigenvalue weighted by molar-refractivity contribution is 5.89. The topological polar surface area (TPSA) is 93.4 Å². The fourth-order valence-corrected chi connectivity index (χ4v) is 3.77. The van der Waals surface area contributed by atoms with Crippen molar-refractivity contribution in [2.75, 3.05) is 6.61 Å². The molecule has 1 atom stereocenters. The molecule has 7 heteroatoms. The SMILES string of the molecule is CC(Cc1cc(C#N)c2c(ccn2CCCOC(=O)c2ccccc2)c1)NC(=O)OC(C)(C)C. The summed E-state index contributed by atoms with van der Waals surface area (Å²) in [6.07, 6.45) is 2.69. The molecule has 0 spiro atoms. The van der Waals surface area contributed by atoms with Crippen LogP contribution in [0.4, 0.5) is 4.79 Å². The van der Waals surface area contributed by atoms with Gasteiger partial charge in [-0.2, -0.15) is 5.26 Å². The molecular weight excluding hydrogens is 430 g/mol. The summed E-state index contributed by atoms with van der Waals surface area (Å²) in [6, 6.07) is 16.9. The number of hydrogen-bond donors (Lipinski definition) is 1. The highest BCUT2D eigenvalue weighted by Crippen LogP contribution is 2.24. The number of carbonyl (C=O) groups is 2. The molecule has 0 saturated carbocycles. The summed E-state index contributed by atoms with van der Waals surface area (Å²) in [5.74, 6) is -0.338. The first-order chi connectivity index (χ1) is 16.2. The number of carbonyl (C=O) groups excluding carboxylic acids is 2. The van der Waals surface area contributed by atoms with Gasteiger partial charge in [0.25, 0.3) is 0 Å². The van der Waals surface area contributed by atoms with Crippen molar-refractivity contribution in [3.63, 3.8) is 0 Å². The minimum Gasteiger partial charge on any atom is -0.462 e. The second kappa shape index (κ2) is 10.9. The van der Waals surface area contributed by atoms with E-state index in [-0.39, 0.29) is 12.0 Å². The van der Waals surface area contributed by atoms with E-state index in [1.54, 1.807) is 24.3 Å². The molecule has 1 amide bonds. The van der Waals surface area contributed by atoms with Gasteiger partial charge in [0.05, 0.1) is 23.3 Å². The van der Waals surface area contributed by atoms with E-state index < -0.39 is 11.7 Å². The minimum atomic E-state index is -0.556. The van der Waals surface area contributed by atoms with Gasteiger partial charge in [-0.15, -0.1) is 0 Å². The zero-order valence-corrected chi connectivity index (χ0v) is 20.1. The predicted molar refractivity (Wildman–Crippen MR) is 131 cm³/mol. The number of aryl methyl sites for hydroxylation is 1. The fourth-order valence-electron chi connectivity index (χ4n) is 3.77. The highest BCUT2D eigenvalue weighted by Gasteiger charge is 2.18. The van der Waals surface area contributed by atoms with Crippen LogP contribution in [0.2, 0.25) is 0 Å². The van der Waals surface area contributed by atoms with E-state index in [2.05, 4.69) is 11.4 Å². The van der Waals surface area contributed by atoms with Crippen molar-refractivity contribution in [2.45, 2.75) is 58.7 Å². The van der Waals surface area contributed by atoms with Crippen molar-refractivity contribution in [1.29, 1.82) is 5.26 Å². The average Bonchev–Trinajstić information content (AvgIpc) is 3.18. The number of benzene rings is 2. The third kappa shape index (κ3) is 6.85. The average molecular weight is 462 g/mol. The molecule has 3 rings (SSSR count). The van der Waals surface area contributed by atoms with E-state index in [9.17, 15) is 14.9 Å². The van der Waals surface area contributed by atoms with Crippen molar-refractivity contribution < 1.29 is 19.1 Å². The number of nitrogens with one attached hydrogen (secondary N) is 1. The van der Waals surface area contributed by atoms with Gasteiger partial charge < -0.3 is 19.4 Å². The molecule has 1 unspecified atom stereocenters. The third-order valence-corrected chi connectivity index (χ3v) is 5.13. The molecule has 3 aromatic rings. The Kier molecular flexibility index (Phi) is 7.95. The monoisotopic (exact) mass is 461 g/mol. The fraction of sp³-hybridized carbons (Fsp3) is 0.370. The quantitative estimate of drug-likeness (QED) is 0.367. The van der Waals surface area contributed by atoms with Crippen LogP contribution >= 0.6 is 0 Å². The number of alkyl carbamates (subject to hydrolysis) is 1. The standard InChI is InChI=1S/C27H31N3O4/c1-19(29-26(32)34-27(2,3)4)15-20-16-22-11-13-30(24(22)23(17-20)18-28)12-8-14-33-25(31)21-9-6-5-7-10-21/h5-7,9-11,13,16-17,19H,8,12,14-15H2,1-4H3,(H,29,32). The van der Waals surface area contributed by atoms with E-state index >= 15 is 0 Å². The van der Waals surface area contributed by atoms with Crippen LogP contribution in [0.3, 0.4) is 0 Å². The lowest BCUT2D eigenvalue weighted by Crippen LogP contribution is -2.38. The Labute approximate surface area is 200 Å². The lowest BCUT2D eigenvalue weighted by molar-refractivity contribution is 0.0490. The lowest BCUT2D eigenvalue weighted by atomic mass is 10.0. The minimum absolute atomic E-state index is 0.153. The molecule has 0 saturated heterocycles. The normalized spacial score (nSPS) is 12.1. The van der Waals surface area contributed by atoms with Crippen LogP contribution in [-0.4, -0.2) is 34.9 Å². The van der Waals surface area contributed by atoms with Crippen molar-refractivity contribution in [3.05, 3.63) is 71.4 Å². The van der Waals surface area contributed by atoms with Crippen molar-refractivity contribution >= 4 is 23.0 Å². The Morgan fingerprint density at radius 2 is 1.88 bits per heavy atom. The van der Waals surface area contributed by atoms with Crippen molar-refractivity contribution in [3.8, 4) is 6.07 Å². The smallest absolute Gasteiger partial charge is 0.407 e. The molecule has 0 radical (unpaired) electrons. The lowest BCUT2D eigenvalue weighted by Gasteiger charge is -2.22. The number of aromatic nitrogens is 1. The van der Waals surface area contributed by atoms with Crippen molar-refractivity contribution in [1.82, 2.24) is 9.88 Å². The number of rotatable bonds is 8. The van der Waals surface area contributed by atoms with E-state index in [0.29, 0.717) is 37.1 Å². The Hall–Kier alpha value is -3.79. The molecule has 0 aliphatic carbocycles. The Morgan fingerprint density at radius 1 is 1.15 bits per heavy atom. The van der Waals surface area contributed by atoms with Crippen LogP contribution in [0.1, 0.15) is 55.6 Å². The molecule has 0 aliphatic heterocycles. The summed E-state index contributed by atoms with van der Waals surface area (Å²) in [5.41, 5.74) is 2.36. The van der Waals surface area contributed by atoms with Gasteiger partial charge in [-0.05, 0) is 76.4 Å². The summed E-state index contributed by atoms with van der Waals surface area (Å²) >= 11 is 0. The van der Waals surface area contributed by atoms with E-state index in [1.165, 1.54) is 0 Å². The Morgan fingerprint density at radius 3 is 2.56 bits per heavy atom. The summed E-state index contributed by atoms with van der Waals surface area (Å²) in [5, 5.41) is 13.6. The summed E-state index contributed by atoms with van der Waals surface area (Å²) in [4.78, 5) is 24.1. The van der Waals surface area contributed by atoms with Gasteiger partial charge in [0, 0.05) is 24.2 Å². The number of nitrogens with zero attached hydrogens (tertiary/aromatic N) is 2. The van der Waals surface area contributed by atoms with Gasteiger partial charge in [-0.3, -0.25) is 0 Å². The molecule has 0 fully saturated rings. The maximum absolute atomic E-state index is 12.1. The molecule has 1 heterocycles. The van der Waals surface area contributed by atoms with Crippen LogP contribution in [-0.2, 0) is 22.4 Å². The maximum Gasteiger partial charge on any atom is 0.407 e. The van der Waals surface area contributed by atoms with Crippen LogP contribution in [0.5, 0.6) is 0 Å². The first kappa shape index (κ1) is 24.8. The summed E-state index contributed by atoms with van der Waals surface area (Å²) in [6.45, 7) is 8.28. The van der Waals surface area contributed by atoms with Crippen LogP contribution < -0.4 is 5.32 Å². The third-order valence-electron chi connectivity index (χ3n) is 5.13. The first-order valence-electron chi connectivity index (χ1n) is 11.4. The van der Waals surface area contributed by atoms with Gasteiger partial charge in [0.2, 0.25) is 0 Å². The van der Waals surface area contributed by atoms with Gasteiger partial charge in [0.15, 0.2) is 0 Å². The van der Waals surface area contributed by atoms with E-state index in [0.717, 1.165) is 16.5 Å². The number of fused-ring (bicyclic) bond motifs is 1. The molecule has 7 nitrogen and oxygen atoms in total. The Bertz CT molecular complexity index is 1190. The zero-order valence-electron chi connectivity index (χ0n) is 20.1. The molecule has 0 aliphatic rings. The molecular formula is C27H31N3O4. The first-order valence-corrected chi connectivity index (χ1v) is 11.4.